The Balaban J connectivity index is 2.21. The van der Waals surface area contributed by atoms with E-state index < -0.39 is 45.6 Å². The highest BCUT2D eigenvalue weighted by atomic mass is 32.2. The number of hydrogen-bond donors (Lipinski definition) is 0. The molecule has 0 aliphatic heterocycles. The van der Waals surface area contributed by atoms with Crippen LogP contribution in [-0.4, -0.2) is 19.8 Å². The molecular weight excluding hydrogens is 362 g/mol. The van der Waals surface area contributed by atoms with E-state index in [1.807, 2.05) is 6.04 Å². The maximum absolute atomic E-state index is 13.5. The molecule has 2 rings (SSSR count). The Hall–Kier alpha value is -2.73. The molecule has 0 radical (unpaired) electrons. The number of sulfonamides is 1. The number of rotatable bonds is 5. The Morgan fingerprint density at radius 2 is 1.60 bits per heavy atom. The smallest absolute Gasteiger partial charge is 0.270 e. The van der Waals surface area contributed by atoms with Crippen LogP contribution >= 0.6 is 0 Å². The van der Waals surface area contributed by atoms with Gasteiger partial charge in [-0.1, -0.05) is 18.6 Å². The van der Waals surface area contributed by atoms with Gasteiger partial charge in [-0.3, -0.25) is 0 Å². The molecule has 0 fully saturated rings. The summed E-state index contributed by atoms with van der Waals surface area (Å²) in [5, 5.41) is 0. The molecule has 9 heteroatoms. The Morgan fingerprint density at radius 1 is 1.08 bits per heavy atom. The molecule has 0 saturated carbocycles. The van der Waals surface area contributed by atoms with Gasteiger partial charge in [0.05, 0.1) is 4.90 Å². The Labute approximate surface area is 141 Å². The third-order valence-electron chi connectivity index (χ3n) is 3.22. The van der Waals surface area contributed by atoms with Crippen LogP contribution in [0.15, 0.2) is 35.2 Å². The molecule has 0 atom stereocenters. The zero-order valence-corrected chi connectivity index (χ0v) is 13.6. The number of ether oxygens (including phenoxy) is 1. The normalized spacial score (nSPS) is 11.0. The summed E-state index contributed by atoms with van der Waals surface area (Å²) in [5.74, 6) is -7.69. The molecule has 0 bridgehead atoms. The van der Waals surface area contributed by atoms with E-state index in [2.05, 4.69) is 0 Å². The Morgan fingerprint density at radius 3 is 2.08 bits per heavy atom. The van der Waals surface area contributed by atoms with Crippen LogP contribution in [0, 0.1) is 35.7 Å². The lowest BCUT2D eigenvalue weighted by Crippen LogP contribution is -2.21. The van der Waals surface area contributed by atoms with Gasteiger partial charge < -0.3 is 4.74 Å². The van der Waals surface area contributed by atoms with Crippen LogP contribution < -0.4 is 4.74 Å². The maximum atomic E-state index is 13.5. The molecule has 0 saturated heterocycles. The van der Waals surface area contributed by atoms with Crippen molar-refractivity contribution < 1.29 is 30.7 Å². The summed E-state index contributed by atoms with van der Waals surface area (Å²) in [5.41, 5.74) is 0.311. The monoisotopic (exact) mass is 373 g/mol. The van der Waals surface area contributed by atoms with Crippen molar-refractivity contribution >= 4 is 10.0 Å². The van der Waals surface area contributed by atoms with Gasteiger partial charge in [0.1, 0.15) is 6.61 Å². The molecular formula is C16H11F4NO3S. The van der Waals surface area contributed by atoms with Gasteiger partial charge in [0.25, 0.3) is 10.0 Å². The molecule has 0 aromatic heterocycles. The van der Waals surface area contributed by atoms with Gasteiger partial charge in [0.15, 0.2) is 17.4 Å². The molecule has 0 aliphatic carbocycles. The third kappa shape index (κ3) is 3.69. The average molecular weight is 373 g/mol. The van der Waals surface area contributed by atoms with E-state index >= 15 is 0 Å². The fourth-order valence-corrected chi connectivity index (χ4v) is 2.75. The van der Waals surface area contributed by atoms with Gasteiger partial charge >= 0.3 is 0 Å². The second kappa shape index (κ2) is 7.03. The van der Waals surface area contributed by atoms with E-state index in [9.17, 15) is 26.0 Å². The second-order valence-electron chi connectivity index (χ2n) is 4.83. The van der Waals surface area contributed by atoms with Crippen LogP contribution in [0.25, 0.3) is 0 Å². The average Bonchev–Trinajstić information content (AvgIpc) is 2.59. The molecule has 0 aliphatic rings. The Kier molecular flexibility index (Phi) is 5.23. The van der Waals surface area contributed by atoms with E-state index in [1.165, 1.54) is 31.3 Å². The second-order valence-corrected chi connectivity index (χ2v) is 6.80. The maximum Gasteiger partial charge on any atom is 0.270 e. The lowest BCUT2D eigenvalue weighted by Gasteiger charge is -2.13. The van der Waals surface area contributed by atoms with Crippen LogP contribution in [0.1, 0.15) is 5.56 Å². The van der Waals surface area contributed by atoms with E-state index in [0.29, 0.717) is 9.87 Å². The minimum atomic E-state index is -3.86. The van der Waals surface area contributed by atoms with Crippen molar-refractivity contribution in [2.45, 2.75) is 11.5 Å². The number of nitrogens with zero attached hydrogens (tertiary/aromatic N) is 1. The van der Waals surface area contributed by atoms with Gasteiger partial charge in [-0.05, 0) is 17.7 Å². The summed E-state index contributed by atoms with van der Waals surface area (Å²) in [7, 11) is -2.67. The molecule has 25 heavy (non-hydrogen) atoms. The zero-order chi connectivity index (χ0) is 18.8. The van der Waals surface area contributed by atoms with Crippen molar-refractivity contribution in [3.05, 3.63) is 59.2 Å². The van der Waals surface area contributed by atoms with Gasteiger partial charge in [0, 0.05) is 19.2 Å². The van der Waals surface area contributed by atoms with Gasteiger partial charge in [-0.25, -0.2) is 21.5 Å². The van der Waals surface area contributed by atoms with Crippen molar-refractivity contribution in [3.8, 4) is 18.2 Å². The highest BCUT2D eigenvalue weighted by molar-refractivity contribution is 7.89. The predicted octanol–water partition coefficient (Wildman–Crippen LogP) is 3.03. The fourth-order valence-electron chi connectivity index (χ4n) is 1.82. The topological polar surface area (TPSA) is 46.6 Å². The van der Waals surface area contributed by atoms with Crippen molar-refractivity contribution in [2.75, 3.05) is 7.05 Å². The lowest BCUT2D eigenvalue weighted by atomic mass is 10.2. The number of halogens is 4. The first-order valence-electron chi connectivity index (χ1n) is 6.68. The number of terminal acetylenes is 1. The van der Waals surface area contributed by atoms with Crippen LogP contribution in [0.2, 0.25) is 0 Å². The fraction of sp³-hybridized carbons (Fsp3) is 0.125. The first-order chi connectivity index (χ1) is 11.7. The zero-order valence-electron chi connectivity index (χ0n) is 12.8. The summed E-state index contributed by atoms with van der Waals surface area (Å²) < 4.78 is 82.6. The molecule has 2 aromatic rings. The molecule has 0 N–H and O–H groups in total. The van der Waals surface area contributed by atoms with Crippen LogP contribution in [-0.2, 0) is 16.6 Å². The first-order valence-corrected chi connectivity index (χ1v) is 8.12. The standard InChI is InChI=1S/C16H11F4NO3S/c1-3-21(2)25(22,23)11-6-4-10(5-7-11)9-24-16-14(19)12(17)8-13(18)15(16)20/h1,4-8H,9H2,2H3. The SMILES string of the molecule is C#CN(C)S(=O)(=O)c1ccc(COc2c(F)c(F)cc(F)c2F)cc1. The summed E-state index contributed by atoms with van der Waals surface area (Å²) in [6.45, 7) is -0.442. The molecule has 0 heterocycles. The number of hydrogen-bond acceptors (Lipinski definition) is 3. The molecule has 0 amide bonds. The van der Waals surface area contributed by atoms with Gasteiger partial charge in [0.2, 0.25) is 11.6 Å². The van der Waals surface area contributed by atoms with E-state index in [4.69, 9.17) is 11.2 Å². The summed E-state index contributed by atoms with van der Waals surface area (Å²) in [6.07, 6.45) is 5.03. The van der Waals surface area contributed by atoms with E-state index in [-0.39, 0.29) is 11.0 Å². The minimum Gasteiger partial charge on any atom is -0.483 e. The summed E-state index contributed by atoms with van der Waals surface area (Å²) in [6, 6.07) is 7.06. The van der Waals surface area contributed by atoms with Crippen LogP contribution in [0.5, 0.6) is 5.75 Å². The van der Waals surface area contributed by atoms with Crippen molar-refractivity contribution in [1.82, 2.24) is 4.31 Å². The highest BCUT2D eigenvalue weighted by Crippen LogP contribution is 2.27. The van der Waals surface area contributed by atoms with Gasteiger partial charge in [-0.15, -0.1) is 0 Å². The van der Waals surface area contributed by atoms with Crippen molar-refractivity contribution in [1.29, 1.82) is 0 Å². The predicted molar refractivity (Wildman–Crippen MR) is 80.8 cm³/mol. The largest absolute Gasteiger partial charge is 0.483 e. The van der Waals surface area contributed by atoms with E-state index in [1.54, 1.807) is 0 Å². The van der Waals surface area contributed by atoms with Crippen molar-refractivity contribution in [2.24, 2.45) is 0 Å². The molecule has 0 unspecified atom stereocenters. The first kappa shape index (κ1) is 18.6. The molecule has 2 aromatic carbocycles. The highest BCUT2D eigenvalue weighted by Gasteiger charge is 2.21. The quantitative estimate of drug-likeness (QED) is 0.350. The van der Waals surface area contributed by atoms with E-state index in [0.717, 1.165) is 0 Å². The minimum absolute atomic E-state index is 0.0686. The van der Waals surface area contributed by atoms with Crippen LogP contribution in [0.3, 0.4) is 0 Å². The summed E-state index contributed by atoms with van der Waals surface area (Å²) in [4.78, 5) is -0.106. The molecule has 0 spiro atoms. The molecule has 4 nitrogen and oxygen atoms in total. The van der Waals surface area contributed by atoms with Crippen molar-refractivity contribution in [3.63, 3.8) is 0 Å². The lowest BCUT2D eigenvalue weighted by molar-refractivity contribution is 0.261. The summed E-state index contributed by atoms with van der Waals surface area (Å²) >= 11 is 0. The molecule has 132 valence electrons. The Bertz CT molecular complexity index is 911. The third-order valence-corrected chi connectivity index (χ3v) is 4.91. The van der Waals surface area contributed by atoms with Crippen LogP contribution in [0.4, 0.5) is 17.6 Å². The van der Waals surface area contributed by atoms with Gasteiger partial charge in [-0.2, -0.15) is 8.78 Å². The number of benzene rings is 2.